The molecule has 0 amide bonds. The lowest BCUT2D eigenvalue weighted by atomic mass is 10.0. The normalized spacial score (nSPS) is 16.9. The van der Waals surface area contributed by atoms with Crippen molar-refractivity contribution in [3.63, 3.8) is 0 Å². The van der Waals surface area contributed by atoms with Crippen molar-refractivity contribution in [2.75, 3.05) is 18.1 Å². The van der Waals surface area contributed by atoms with Gasteiger partial charge in [0.15, 0.2) is 5.82 Å². The number of imidazole rings is 1. The van der Waals surface area contributed by atoms with Crippen molar-refractivity contribution in [2.24, 2.45) is 0 Å². The van der Waals surface area contributed by atoms with Crippen molar-refractivity contribution >= 4 is 17.4 Å². The Hall–Kier alpha value is -2.52. The Balaban J connectivity index is 1.47. The first-order valence-corrected chi connectivity index (χ1v) is 10.3. The number of rotatable bonds is 5. The lowest BCUT2D eigenvalue weighted by Gasteiger charge is -2.29. The van der Waals surface area contributed by atoms with Gasteiger partial charge in [-0.25, -0.2) is 4.98 Å². The maximum Gasteiger partial charge on any atom is 0.446 e. The highest BCUT2D eigenvalue weighted by Gasteiger charge is 2.37. The minimum Gasteiger partial charge on any atom is -0.357 e. The van der Waals surface area contributed by atoms with E-state index in [1.165, 1.54) is 12.1 Å². The molecule has 1 saturated heterocycles. The van der Waals surface area contributed by atoms with Crippen LogP contribution in [-0.2, 0) is 6.54 Å². The lowest BCUT2D eigenvalue weighted by Crippen LogP contribution is -2.39. The Morgan fingerprint density at radius 1 is 1.10 bits per heavy atom. The fourth-order valence-corrected chi connectivity index (χ4v) is 4.18. The molecule has 1 fully saturated rings. The van der Waals surface area contributed by atoms with Crippen LogP contribution in [0.4, 0.5) is 18.9 Å². The molecule has 5 nitrogen and oxygen atoms in total. The predicted molar refractivity (Wildman–Crippen MR) is 112 cm³/mol. The van der Waals surface area contributed by atoms with Gasteiger partial charge in [0.05, 0.1) is 6.67 Å². The van der Waals surface area contributed by atoms with Crippen LogP contribution in [0.2, 0.25) is 0 Å². The van der Waals surface area contributed by atoms with Crippen molar-refractivity contribution in [3.05, 3.63) is 60.6 Å². The summed E-state index contributed by atoms with van der Waals surface area (Å²) >= 11 is -0.0883. The first kappa shape index (κ1) is 20.7. The highest BCUT2D eigenvalue weighted by molar-refractivity contribution is 8.00. The number of benzene rings is 1. The highest BCUT2D eigenvalue weighted by Crippen LogP contribution is 2.38. The molecule has 0 radical (unpaired) electrons. The molecule has 0 bridgehead atoms. The fourth-order valence-electron chi connectivity index (χ4n) is 3.64. The fraction of sp³-hybridized carbons (Fsp3) is 0.333. The van der Waals surface area contributed by atoms with E-state index in [1.54, 1.807) is 30.7 Å². The van der Waals surface area contributed by atoms with Gasteiger partial charge in [0.1, 0.15) is 5.69 Å². The minimum atomic E-state index is -4.27. The number of aromatic nitrogens is 3. The van der Waals surface area contributed by atoms with Crippen LogP contribution in [0.15, 0.2) is 59.9 Å². The third-order valence-electron chi connectivity index (χ3n) is 5.15. The SMILES string of the molecule is CC1(C)CN(c2ccc(SC(F)(F)F)cc2)CN1Cc1ccnc(-c2ncc[nH]2)c1. The van der Waals surface area contributed by atoms with E-state index in [2.05, 4.69) is 38.6 Å². The third-order valence-corrected chi connectivity index (χ3v) is 5.89. The van der Waals surface area contributed by atoms with Gasteiger partial charge in [-0.3, -0.25) is 9.88 Å². The average molecular weight is 434 g/mol. The number of anilines is 1. The molecule has 3 heterocycles. The zero-order valence-electron chi connectivity index (χ0n) is 16.6. The van der Waals surface area contributed by atoms with Crippen LogP contribution in [0.25, 0.3) is 11.5 Å². The van der Waals surface area contributed by atoms with Crippen LogP contribution in [0.5, 0.6) is 0 Å². The van der Waals surface area contributed by atoms with Crippen LogP contribution in [0, 0.1) is 0 Å². The van der Waals surface area contributed by atoms with Crippen LogP contribution in [0.3, 0.4) is 0 Å². The monoisotopic (exact) mass is 433 g/mol. The van der Waals surface area contributed by atoms with E-state index in [0.29, 0.717) is 6.67 Å². The van der Waals surface area contributed by atoms with Gasteiger partial charge in [0.2, 0.25) is 0 Å². The van der Waals surface area contributed by atoms with E-state index in [-0.39, 0.29) is 22.2 Å². The number of halogens is 3. The lowest BCUT2D eigenvalue weighted by molar-refractivity contribution is -0.0328. The maximum absolute atomic E-state index is 12.6. The van der Waals surface area contributed by atoms with Crippen LogP contribution in [-0.4, -0.2) is 44.1 Å². The van der Waals surface area contributed by atoms with Gasteiger partial charge >= 0.3 is 5.51 Å². The first-order chi connectivity index (χ1) is 14.2. The molecule has 1 N–H and O–H groups in total. The van der Waals surface area contributed by atoms with Gasteiger partial charge in [-0.2, -0.15) is 13.2 Å². The minimum absolute atomic E-state index is 0.0883. The number of nitrogens with zero attached hydrogens (tertiary/aromatic N) is 4. The molecule has 3 aromatic rings. The van der Waals surface area contributed by atoms with E-state index < -0.39 is 5.51 Å². The summed E-state index contributed by atoms with van der Waals surface area (Å²) in [4.78, 5) is 16.5. The Kier molecular flexibility index (Phi) is 5.50. The third kappa shape index (κ3) is 4.79. The van der Waals surface area contributed by atoms with E-state index in [1.807, 2.05) is 12.1 Å². The summed E-state index contributed by atoms with van der Waals surface area (Å²) < 4.78 is 37.7. The van der Waals surface area contributed by atoms with Crippen LogP contribution < -0.4 is 4.90 Å². The second-order valence-electron chi connectivity index (χ2n) is 7.88. The molecular formula is C21H22F3N5S. The number of nitrogens with one attached hydrogen (secondary N) is 1. The van der Waals surface area contributed by atoms with Crippen molar-refractivity contribution < 1.29 is 13.2 Å². The van der Waals surface area contributed by atoms with Gasteiger partial charge < -0.3 is 9.88 Å². The first-order valence-electron chi connectivity index (χ1n) is 9.50. The van der Waals surface area contributed by atoms with Crippen molar-refractivity contribution in [2.45, 2.75) is 36.3 Å². The maximum atomic E-state index is 12.6. The standard InChI is InChI=1S/C21H22F3N5S/c1-20(2)13-28(16-3-5-17(6-4-16)30-21(22,23)24)14-29(20)12-15-7-8-25-18(11-15)19-26-9-10-27-19/h3-11H,12-14H2,1-2H3,(H,26,27). The zero-order chi connectivity index (χ0) is 21.4. The number of thioether (sulfide) groups is 1. The molecule has 0 aliphatic carbocycles. The molecule has 1 aliphatic rings. The summed E-state index contributed by atoms with van der Waals surface area (Å²) in [5, 5.41) is 0. The molecule has 2 aromatic heterocycles. The number of H-pyrrole nitrogens is 1. The van der Waals surface area contributed by atoms with Crippen LogP contribution in [0.1, 0.15) is 19.4 Å². The van der Waals surface area contributed by atoms with Gasteiger partial charge in [0.25, 0.3) is 0 Å². The number of hydrogen-bond acceptors (Lipinski definition) is 5. The molecule has 0 spiro atoms. The molecule has 158 valence electrons. The van der Waals surface area contributed by atoms with Crippen molar-refractivity contribution in [1.82, 2.24) is 19.9 Å². The molecule has 4 rings (SSSR count). The zero-order valence-corrected chi connectivity index (χ0v) is 17.5. The molecular weight excluding hydrogens is 411 g/mol. The Bertz CT molecular complexity index is 987. The van der Waals surface area contributed by atoms with Crippen LogP contribution >= 0.6 is 11.8 Å². The van der Waals surface area contributed by atoms with E-state index in [4.69, 9.17) is 0 Å². The Morgan fingerprint density at radius 3 is 2.53 bits per heavy atom. The summed E-state index contributed by atoms with van der Waals surface area (Å²) in [6.45, 7) is 6.57. The van der Waals surface area contributed by atoms with Gasteiger partial charge in [-0.15, -0.1) is 0 Å². The molecule has 1 aromatic carbocycles. The van der Waals surface area contributed by atoms with Gasteiger partial charge in [-0.05, 0) is 67.6 Å². The summed E-state index contributed by atoms with van der Waals surface area (Å²) in [6, 6.07) is 10.6. The largest absolute Gasteiger partial charge is 0.446 e. The number of hydrogen-bond donors (Lipinski definition) is 1. The topological polar surface area (TPSA) is 48.1 Å². The summed E-state index contributed by atoms with van der Waals surface area (Å²) in [5.41, 5.74) is -1.52. The van der Waals surface area contributed by atoms with Crippen molar-refractivity contribution in [3.8, 4) is 11.5 Å². The molecule has 0 saturated carbocycles. The summed E-state index contributed by atoms with van der Waals surface area (Å²) in [6.07, 6.45) is 5.25. The second kappa shape index (κ2) is 7.96. The smallest absolute Gasteiger partial charge is 0.357 e. The molecule has 0 unspecified atom stereocenters. The summed E-state index contributed by atoms with van der Waals surface area (Å²) in [7, 11) is 0. The van der Waals surface area contributed by atoms with E-state index in [0.717, 1.165) is 35.9 Å². The van der Waals surface area contributed by atoms with E-state index in [9.17, 15) is 13.2 Å². The number of pyridine rings is 1. The van der Waals surface area contributed by atoms with Crippen molar-refractivity contribution in [1.29, 1.82) is 0 Å². The van der Waals surface area contributed by atoms with E-state index >= 15 is 0 Å². The quantitative estimate of drug-likeness (QED) is 0.565. The second-order valence-corrected chi connectivity index (χ2v) is 9.02. The number of aromatic amines is 1. The molecule has 30 heavy (non-hydrogen) atoms. The highest BCUT2D eigenvalue weighted by atomic mass is 32.2. The Morgan fingerprint density at radius 2 is 1.87 bits per heavy atom. The Labute approximate surface area is 177 Å². The van der Waals surface area contributed by atoms with Gasteiger partial charge in [-0.1, -0.05) is 0 Å². The molecule has 1 aliphatic heterocycles. The van der Waals surface area contributed by atoms with Gasteiger partial charge in [0, 0.05) is 47.8 Å². The molecule has 9 heteroatoms. The average Bonchev–Trinajstić information content (AvgIpc) is 3.30. The molecule has 0 atom stereocenters. The number of alkyl halides is 3. The summed E-state index contributed by atoms with van der Waals surface area (Å²) in [5.74, 6) is 0.732. The predicted octanol–water partition coefficient (Wildman–Crippen LogP) is 5.14.